The highest BCUT2D eigenvalue weighted by Gasteiger charge is 2.11. The molecule has 1 aliphatic heterocycles. The molecule has 0 saturated carbocycles. The highest BCUT2D eigenvalue weighted by atomic mass is 127. The predicted molar refractivity (Wildman–Crippen MR) is 93.5 cm³/mol. The molecular formula is C12H20IN5S. The SMILES string of the molecule is I.NC(=NCCNc1ccccn1)N1CCSCC1. The van der Waals surface area contributed by atoms with Crippen LogP contribution in [0.1, 0.15) is 0 Å². The van der Waals surface area contributed by atoms with Crippen LogP contribution in [0.25, 0.3) is 0 Å². The topological polar surface area (TPSA) is 66.5 Å². The Balaban J connectivity index is 0.00000180. The molecule has 1 aliphatic rings. The van der Waals surface area contributed by atoms with Crippen LogP contribution in [0.15, 0.2) is 29.4 Å². The number of guanidine groups is 1. The Labute approximate surface area is 135 Å². The van der Waals surface area contributed by atoms with Crippen molar-refractivity contribution >= 4 is 47.5 Å². The second-order valence-electron chi connectivity index (χ2n) is 3.98. The summed E-state index contributed by atoms with van der Waals surface area (Å²) in [7, 11) is 0. The second kappa shape index (κ2) is 9.24. The zero-order valence-electron chi connectivity index (χ0n) is 10.8. The molecule has 1 aromatic rings. The lowest BCUT2D eigenvalue weighted by atomic mass is 10.4. The molecule has 0 amide bonds. The number of hydrogen-bond donors (Lipinski definition) is 2. The summed E-state index contributed by atoms with van der Waals surface area (Å²) in [5, 5.41) is 3.21. The van der Waals surface area contributed by atoms with Gasteiger partial charge in [0.1, 0.15) is 5.82 Å². The monoisotopic (exact) mass is 393 g/mol. The van der Waals surface area contributed by atoms with Gasteiger partial charge >= 0.3 is 0 Å². The number of halogens is 1. The van der Waals surface area contributed by atoms with Gasteiger partial charge in [-0.25, -0.2) is 4.98 Å². The van der Waals surface area contributed by atoms with Crippen LogP contribution in [-0.4, -0.2) is 53.5 Å². The summed E-state index contributed by atoms with van der Waals surface area (Å²) in [6.45, 7) is 3.44. The van der Waals surface area contributed by atoms with Gasteiger partial charge in [0, 0.05) is 37.3 Å². The van der Waals surface area contributed by atoms with Crippen molar-refractivity contribution in [3.63, 3.8) is 0 Å². The zero-order chi connectivity index (χ0) is 12.6. The van der Waals surface area contributed by atoms with Gasteiger partial charge in [-0.15, -0.1) is 24.0 Å². The van der Waals surface area contributed by atoms with E-state index in [4.69, 9.17) is 5.73 Å². The summed E-state index contributed by atoms with van der Waals surface area (Å²) in [5.74, 6) is 3.82. The maximum Gasteiger partial charge on any atom is 0.191 e. The number of nitrogens with one attached hydrogen (secondary N) is 1. The van der Waals surface area contributed by atoms with Crippen molar-refractivity contribution < 1.29 is 0 Å². The van der Waals surface area contributed by atoms with Crippen LogP contribution in [0.5, 0.6) is 0 Å². The number of aromatic nitrogens is 1. The van der Waals surface area contributed by atoms with Crippen molar-refractivity contribution in [2.45, 2.75) is 0 Å². The molecule has 0 spiro atoms. The quantitative estimate of drug-likeness (QED) is 0.351. The molecule has 2 heterocycles. The van der Waals surface area contributed by atoms with Crippen molar-refractivity contribution in [1.82, 2.24) is 9.88 Å². The minimum atomic E-state index is 0. The fourth-order valence-corrected chi connectivity index (χ4v) is 2.62. The molecule has 5 nitrogen and oxygen atoms in total. The third-order valence-corrected chi connectivity index (χ3v) is 3.63. The molecule has 0 aliphatic carbocycles. The van der Waals surface area contributed by atoms with Crippen molar-refractivity contribution in [2.24, 2.45) is 10.7 Å². The molecule has 1 fully saturated rings. The minimum Gasteiger partial charge on any atom is -0.370 e. The molecule has 19 heavy (non-hydrogen) atoms. The zero-order valence-corrected chi connectivity index (χ0v) is 13.9. The number of thioether (sulfide) groups is 1. The van der Waals surface area contributed by atoms with Gasteiger partial charge in [-0.3, -0.25) is 4.99 Å². The van der Waals surface area contributed by atoms with E-state index in [-0.39, 0.29) is 24.0 Å². The molecule has 106 valence electrons. The first kappa shape index (κ1) is 16.4. The molecule has 7 heteroatoms. The molecule has 3 N–H and O–H groups in total. The maximum atomic E-state index is 5.95. The number of nitrogens with zero attached hydrogens (tertiary/aromatic N) is 3. The first-order valence-corrected chi connectivity index (χ1v) is 7.29. The number of nitrogens with two attached hydrogens (primary N) is 1. The van der Waals surface area contributed by atoms with Crippen LogP contribution in [0.3, 0.4) is 0 Å². The lowest BCUT2D eigenvalue weighted by Gasteiger charge is -2.27. The standard InChI is InChI=1S/C12H19N5S.HI/c13-12(17-7-9-18-10-8-17)16-6-5-15-11-3-1-2-4-14-11;/h1-4H,5-10H2,(H2,13,16)(H,14,15);1H. The maximum absolute atomic E-state index is 5.95. The largest absolute Gasteiger partial charge is 0.370 e. The van der Waals surface area contributed by atoms with E-state index in [0.717, 1.165) is 37.0 Å². The predicted octanol–water partition coefficient (Wildman–Crippen LogP) is 1.47. The molecule has 2 rings (SSSR count). The van der Waals surface area contributed by atoms with Gasteiger partial charge in [0.25, 0.3) is 0 Å². The fourth-order valence-electron chi connectivity index (χ4n) is 1.71. The van der Waals surface area contributed by atoms with Gasteiger partial charge < -0.3 is 16.0 Å². The molecule has 1 aromatic heterocycles. The van der Waals surface area contributed by atoms with E-state index in [2.05, 4.69) is 20.2 Å². The smallest absolute Gasteiger partial charge is 0.191 e. The Morgan fingerprint density at radius 3 is 2.89 bits per heavy atom. The van der Waals surface area contributed by atoms with Crippen molar-refractivity contribution in [1.29, 1.82) is 0 Å². The second-order valence-corrected chi connectivity index (χ2v) is 5.21. The van der Waals surface area contributed by atoms with E-state index in [1.807, 2.05) is 30.0 Å². The summed E-state index contributed by atoms with van der Waals surface area (Å²) in [6.07, 6.45) is 1.77. The number of aliphatic imine (C=N–C) groups is 1. The Morgan fingerprint density at radius 2 is 2.21 bits per heavy atom. The first-order chi connectivity index (χ1) is 8.86. The van der Waals surface area contributed by atoms with Crippen LogP contribution < -0.4 is 11.1 Å². The lowest BCUT2D eigenvalue weighted by Crippen LogP contribution is -2.42. The summed E-state index contributed by atoms with van der Waals surface area (Å²) in [4.78, 5) is 10.7. The Bertz CT molecular complexity index is 381. The Morgan fingerprint density at radius 1 is 1.42 bits per heavy atom. The molecular weight excluding hydrogens is 373 g/mol. The van der Waals surface area contributed by atoms with Gasteiger partial charge in [0.05, 0.1) is 6.54 Å². The van der Waals surface area contributed by atoms with Crippen LogP contribution in [0.4, 0.5) is 5.82 Å². The molecule has 0 bridgehead atoms. The van der Waals surface area contributed by atoms with Gasteiger partial charge in [-0.05, 0) is 12.1 Å². The Hall–Kier alpha value is -0.700. The van der Waals surface area contributed by atoms with Crippen molar-refractivity contribution in [2.75, 3.05) is 43.0 Å². The van der Waals surface area contributed by atoms with E-state index in [1.54, 1.807) is 6.20 Å². The highest BCUT2D eigenvalue weighted by Crippen LogP contribution is 2.08. The van der Waals surface area contributed by atoms with E-state index < -0.39 is 0 Å². The van der Waals surface area contributed by atoms with Crippen molar-refractivity contribution in [3.8, 4) is 0 Å². The Kier molecular flexibility index (Phi) is 7.96. The van der Waals surface area contributed by atoms with Crippen LogP contribution in [-0.2, 0) is 0 Å². The average Bonchev–Trinajstić information content (AvgIpc) is 2.45. The normalized spacial score (nSPS) is 15.8. The summed E-state index contributed by atoms with van der Waals surface area (Å²) < 4.78 is 0. The molecule has 0 atom stereocenters. The van der Waals surface area contributed by atoms with Crippen LogP contribution in [0, 0.1) is 0 Å². The molecule has 1 saturated heterocycles. The van der Waals surface area contributed by atoms with E-state index in [1.165, 1.54) is 0 Å². The molecule has 0 aromatic carbocycles. The van der Waals surface area contributed by atoms with Gasteiger partial charge in [-0.1, -0.05) is 6.07 Å². The average molecular weight is 393 g/mol. The van der Waals surface area contributed by atoms with E-state index in [9.17, 15) is 0 Å². The number of anilines is 1. The molecule has 0 radical (unpaired) electrons. The number of rotatable bonds is 4. The summed E-state index contributed by atoms with van der Waals surface area (Å²) >= 11 is 1.97. The lowest BCUT2D eigenvalue weighted by molar-refractivity contribution is 0.456. The molecule has 0 unspecified atom stereocenters. The van der Waals surface area contributed by atoms with Gasteiger partial charge in [0.2, 0.25) is 0 Å². The minimum absolute atomic E-state index is 0. The van der Waals surface area contributed by atoms with Crippen molar-refractivity contribution in [3.05, 3.63) is 24.4 Å². The third-order valence-electron chi connectivity index (χ3n) is 2.69. The highest BCUT2D eigenvalue weighted by molar-refractivity contribution is 14.0. The van der Waals surface area contributed by atoms with Gasteiger partial charge in [0.15, 0.2) is 5.96 Å². The summed E-state index contributed by atoms with van der Waals surface area (Å²) in [6, 6.07) is 5.79. The van der Waals surface area contributed by atoms with Gasteiger partial charge in [-0.2, -0.15) is 11.8 Å². The van der Waals surface area contributed by atoms with E-state index in [0.29, 0.717) is 12.5 Å². The third kappa shape index (κ3) is 5.85. The number of hydrogen-bond acceptors (Lipinski definition) is 4. The number of pyridine rings is 1. The fraction of sp³-hybridized carbons (Fsp3) is 0.500. The van der Waals surface area contributed by atoms with E-state index >= 15 is 0 Å². The first-order valence-electron chi connectivity index (χ1n) is 6.14. The summed E-state index contributed by atoms with van der Waals surface area (Å²) in [5.41, 5.74) is 5.95. The van der Waals surface area contributed by atoms with Crippen LogP contribution in [0.2, 0.25) is 0 Å². The van der Waals surface area contributed by atoms with Crippen LogP contribution >= 0.6 is 35.7 Å².